The molecule has 38 heavy (non-hydrogen) atoms. The average molecular weight is 519 g/mol. The van der Waals surface area contributed by atoms with E-state index in [4.69, 9.17) is 9.63 Å². The second kappa shape index (κ2) is 11.4. The van der Waals surface area contributed by atoms with E-state index in [1.807, 2.05) is 13.8 Å². The summed E-state index contributed by atoms with van der Waals surface area (Å²) in [6.45, 7) is 5.59. The third kappa shape index (κ3) is 5.08. The summed E-state index contributed by atoms with van der Waals surface area (Å²) >= 11 is 0. The number of ketones is 1. The number of aliphatic hydroxyl groups excluding tert-OH is 2. The molecule has 10 heteroatoms. The van der Waals surface area contributed by atoms with Gasteiger partial charge in [0, 0.05) is 35.8 Å². The van der Waals surface area contributed by atoms with E-state index in [-0.39, 0.29) is 36.1 Å². The normalized spacial score (nSPS) is 15.4. The molecule has 0 fully saturated rings. The van der Waals surface area contributed by atoms with Crippen LogP contribution in [-0.2, 0) is 4.79 Å². The minimum absolute atomic E-state index is 0.0408. The molecule has 3 aromatic rings. The van der Waals surface area contributed by atoms with E-state index >= 15 is 0 Å². The zero-order valence-electron chi connectivity index (χ0n) is 21.5. The van der Waals surface area contributed by atoms with Crippen molar-refractivity contribution in [2.75, 3.05) is 18.1 Å². The van der Waals surface area contributed by atoms with Crippen molar-refractivity contribution < 1.29 is 29.1 Å². The number of carbonyl (C=O) groups is 3. The Morgan fingerprint density at radius 3 is 2.24 bits per heavy atom. The van der Waals surface area contributed by atoms with Crippen molar-refractivity contribution in [1.29, 1.82) is 0 Å². The minimum Gasteiger partial charge on any atom is -0.503 e. The Hall–Kier alpha value is -4.31. The Kier molecular flexibility index (Phi) is 8.02. The number of hydrogen-bond acceptors (Lipinski definition) is 8. The fraction of sp³-hybridized carbons (Fsp3) is 0.321. The number of nitrogens with zero attached hydrogens (tertiary/aromatic N) is 3. The first-order chi connectivity index (χ1) is 18.3. The highest BCUT2D eigenvalue weighted by Gasteiger charge is 2.46. The zero-order chi connectivity index (χ0) is 27.4. The van der Waals surface area contributed by atoms with Gasteiger partial charge in [0.1, 0.15) is 0 Å². The number of rotatable bonds is 10. The first kappa shape index (κ1) is 26.7. The quantitative estimate of drug-likeness (QED) is 0.345. The van der Waals surface area contributed by atoms with Gasteiger partial charge in [-0.2, -0.15) is 4.98 Å². The van der Waals surface area contributed by atoms with Gasteiger partial charge in [0.05, 0.1) is 18.2 Å². The van der Waals surface area contributed by atoms with Gasteiger partial charge in [-0.25, -0.2) is 0 Å². The van der Waals surface area contributed by atoms with Crippen LogP contribution in [0.25, 0.3) is 11.4 Å². The number of aryl methyl sites for hydroxylation is 1. The van der Waals surface area contributed by atoms with Gasteiger partial charge >= 0.3 is 0 Å². The standard InChI is InChI=1S/C28H30N4O6/c1-4-17(5-2)23-22(24(34)18-6-8-20(9-7-18)27(36)29-14-15-33)25(35)28(37)32(23)21-12-10-19(11-13-21)26-30-16(3)38-31-26/h6-13,17,23,33,35H,4-5,14-15H2,1-3H3,(H,29,36). The lowest BCUT2D eigenvalue weighted by atomic mass is 9.85. The van der Waals surface area contributed by atoms with E-state index in [1.54, 1.807) is 31.2 Å². The Morgan fingerprint density at radius 2 is 1.68 bits per heavy atom. The topological polar surface area (TPSA) is 146 Å². The lowest BCUT2D eigenvalue weighted by molar-refractivity contribution is -0.117. The second-order valence-electron chi connectivity index (χ2n) is 9.03. The molecule has 1 aliphatic rings. The van der Waals surface area contributed by atoms with E-state index in [2.05, 4.69) is 15.5 Å². The molecule has 4 rings (SSSR count). The molecule has 3 N–H and O–H groups in total. The van der Waals surface area contributed by atoms with E-state index in [9.17, 15) is 19.5 Å². The average Bonchev–Trinajstić information content (AvgIpc) is 3.48. The van der Waals surface area contributed by atoms with Gasteiger partial charge in [0.2, 0.25) is 11.7 Å². The predicted octanol–water partition coefficient (Wildman–Crippen LogP) is 3.61. The van der Waals surface area contributed by atoms with Crippen LogP contribution in [0.2, 0.25) is 0 Å². The highest BCUT2D eigenvalue weighted by Crippen LogP contribution is 2.38. The monoisotopic (exact) mass is 518 g/mol. The summed E-state index contributed by atoms with van der Waals surface area (Å²) < 4.78 is 5.04. The molecule has 0 spiro atoms. The summed E-state index contributed by atoms with van der Waals surface area (Å²) in [7, 11) is 0. The van der Waals surface area contributed by atoms with Crippen molar-refractivity contribution in [3.63, 3.8) is 0 Å². The molecule has 198 valence electrons. The Labute approximate surface area is 220 Å². The molecule has 1 aromatic heterocycles. The third-order valence-electron chi connectivity index (χ3n) is 6.73. The highest BCUT2D eigenvalue weighted by molar-refractivity contribution is 6.21. The van der Waals surface area contributed by atoms with Crippen LogP contribution in [0.4, 0.5) is 5.69 Å². The number of aliphatic hydroxyl groups is 2. The van der Waals surface area contributed by atoms with Crippen molar-refractivity contribution in [1.82, 2.24) is 15.5 Å². The van der Waals surface area contributed by atoms with Crippen molar-refractivity contribution in [2.45, 2.75) is 39.7 Å². The van der Waals surface area contributed by atoms with Crippen molar-refractivity contribution in [3.05, 3.63) is 76.9 Å². The molecule has 1 atom stereocenters. The van der Waals surface area contributed by atoms with Gasteiger partial charge in [0.15, 0.2) is 11.5 Å². The number of benzene rings is 2. The molecule has 1 aliphatic heterocycles. The van der Waals surface area contributed by atoms with Crippen LogP contribution in [0.3, 0.4) is 0 Å². The molecule has 2 heterocycles. The Morgan fingerprint density at radius 1 is 1.05 bits per heavy atom. The van der Waals surface area contributed by atoms with Gasteiger partial charge in [0.25, 0.3) is 11.8 Å². The Bertz CT molecular complexity index is 1360. The fourth-order valence-corrected chi connectivity index (χ4v) is 4.71. The summed E-state index contributed by atoms with van der Waals surface area (Å²) in [6.07, 6.45) is 1.36. The summed E-state index contributed by atoms with van der Waals surface area (Å²) in [4.78, 5) is 44.9. The zero-order valence-corrected chi connectivity index (χ0v) is 21.5. The number of amides is 2. The highest BCUT2D eigenvalue weighted by atomic mass is 16.5. The smallest absolute Gasteiger partial charge is 0.294 e. The van der Waals surface area contributed by atoms with E-state index in [0.29, 0.717) is 41.4 Å². The molecule has 0 bridgehead atoms. The number of nitrogens with one attached hydrogen (secondary N) is 1. The molecular formula is C28H30N4O6. The maximum atomic E-state index is 13.7. The third-order valence-corrected chi connectivity index (χ3v) is 6.73. The van der Waals surface area contributed by atoms with Gasteiger partial charge in [-0.1, -0.05) is 44.0 Å². The second-order valence-corrected chi connectivity index (χ2v) is 9.03. The van der Waals surface area contributed by atoms with Crippen LogP contribution in [-0.4, -0.2) is 57.1 Å². The van der Waals surface area contributed by atoms with Gasteiger partial charge in [-0.15, -0.1) is 0 Å². The molecule has 0 saturated carbocycles. The SMILES string of the molecule is CCC(CC)C1C(C(=O)c2ccc(C(=O)NCCO)cc2)=C(O)C(=O)N1c1ccc(-c2noc(C)n2)cc1. The lowest BCUT2D eigenvalue weighted by Gasteiger charge is -2.32. The number of aromatic nitrogens is 2. The van der Waals surface area contributed by atoms with Gasteiger partial charge < -0.3 is 20.1 Å². The number of hydrogen-bond donors (Lipinski definition) is 3. The molecule has 0 aliphatic carbocycles. The summed E-state index contributed by atoms with van der Waals surface area (Å²) in [5.41, 5.74) is 1.84. The Balaban J connectivity index is 1.67. The predicted molar refractivity (Wildman–Crippen MR) is 140 cm³/mol. The largest absolute Gasteiger partial charge is 0.503 e. The van der Waals surface area contributed by atoms with Crippen molar-refractivity contribution >= 4 is 23.3 Å². The molecule has 2 amide bonds. The number of Topliss-reactive ketones (excluding diaryl/α,β-unsaturated/α-hetero) is 1. The molecule has 10 nitrogen and oxygen atoms in total. The molecule has 0 radical (unpaired) electrons. The van der Waals surface area contributed by atoms with Gasteiger partial charge in [-0.3, -0.25) is 19.3 Å². The van der Waals surface area contributed by atoms with Crippen LogP contribution in [0.15, 0.2) is 64.4 Å². The molecule has 1 unspecified atom stereocenters. The van der Waals surface area contributed by atoms with Crippen LogP contribution >= 0.6 is 0 Å². The van der Waals surface area contributed by atoms with E-state index < -0.39 is 23.5 Å². The summed E-state index contributed by atoms with van der Waals surface area (Å²) in [5.74, 6) is -1.31. The molecule has 2 aromatic carbocycles. The first-order valence-corrected chi connectivity index (χ1v) is 12.5. The summed E-state index contributed by atoms with van der Waals surface area (Å²) in [6, 6.07) is 12.3. The lowest BCUT2D eigenvalue weighted by Crippen LogP contribution is -2.42. The van der Waals surface area contributed by atoms with Crippen molar-refractivity contribution in [2.24, 2.45) is 5.92 Å². The van der Waals surface area contributed by atoms with Crippen LogP contribution in [0.5, 0.6) is 0 Å². The van der Waals surface area contributed by atoms with E-state index in [0.717, 1.165) is 0 Å². The van der Waals surface area contributed by atoms with E-state index in [1.165, 1.54) is 29.2 Å². The van der Waals surface area contributed by atoms with Crippen molar-refractivity contribution in [3.8, 4) is 11.4 Å². The number of carbonyl (C=O) groups excluding carboxylic acids is 3. The summed E-state index contributed by atoms with van der Waals surface area (Å²) in [5, 5.41) is 26.3. The first-order valence-electron chi connectivity index (χ1n) is 12.5. The molecule has 0 saturated heterocycles. The van der Waals surface area contributed by atoms with Crippen LogP contribution in [0, 0.1) is 12.8 Å². The maximum absolute atomic E-state index is 13.7. The molecular weight excluding hydrogens is 488 g/mol. The number of anilines is 1. The van der Waals surface area contributed by atoms with Gasteiger partial charge in [-0.05, 0) is 42.3 Å². The van der Waals surface area contributed by atoms with Crippen LogP contribution < -0.4 is 10.2 Å². The fourth-order valence-electron chi connectivity index (χ4n) is 4.71. The maximum Gasteiger partial charge on any atom is 0.294 e. The van der Waals surface area contributed by atoms with Crippen LogP contribution in [0.1, 0.15) is 53.3 Å². The minimum atomic E-state index is -0.671.